The van der Waals surface area contributed by atoms with Gasteiger partial charge in [-0.15, -0.1) is 11.3 Å². The maximum absolute atomic E-state index is 7.91. The van der Waals surface area contributed by atoms with Crippen molar-refractivity contribution in [2.24, 2.45) is 7.05 Å². The van der Waals surface area contributed by atoms with Crippen molar-refractivity contribution in [1.82, 2.24) is 4.98 Å². The molecule has 0 aliphatic rings. The first-order chi connectivity index (χ1) is 13.5. The highest BCUT2D eigenvalue weighted by atomic mass is 32.1. The summed E-state index contributed by atoms with van der Waals surface area (Å²) in [5.74, 6) is 0. The first kappa shape index (κ1) is 9.14. The monoisotopic (exact) mass is 325 g/mol. The zero-order valence-electron chi connectivity index (χ0n) is 18.8. The Balaban J connectivity index is 2.14. The minimum absolute atomic E-state index is 0.0234. The Hall–Kier alpha value is -2.26. The van der Waals surface area contributed by atoms with Gasteiger partial charge in [-0.25, -0.2) is 4.57 Å². The van der Waals surface area contributed by atoms with Crippen molar-refractivity contribution in [2.75, 3.05) is 0 Å². The highest BCUT2D eigenvalue weighted by Gasteiger charge is 2.21. The van der Waals surface area contributed by atoms with E-state index in [2.05, 4.69) is 4.98 Å². The average molecular weight is 325 g/mol. The summed E-state index contributed by atoms with van der Waals surface area (Å²) >= 11 is 1.57. The molecule has 0 unspecified atom stereocenters. The summed E-state index contributed by atoms with van der Waals surface area (Å²) in [6, 6.07) is 10.8. The van der Waals surface area contributed by atoms with Gasteiger partial charge >= 0.3 is 0 Å². The molecule has 0 fully saturated rings. The topological polar surface area (TPSA) is 16.8 Å². The molecule has 0 saturated carbocycles. The van der Waals surface area contributed by atoms with E-state index in [0.29, 0.717) is 11.1 Å². The second-order valence-electron chi connectivity index (χ2n) is 5.68. The molecule has 0 amide bonds. The van der Waals surface area contributed by atoms with E-state index in [-0.39, 0.29) is 11.1 Å². The minimum Gasteiger partial charge on any atom is -0.231 e. The first-order valence-corrected chi connectivity index (χ1v) is 8.12. The molecule has 0 aliphatic carbocycles. The second kappa shape index (κ2) is 5.14. The van der Waals surface area contributed by atoms with E-state index < -0.39 is 13.7 Å². The van der Waals surface area contributed by atoms with Gasteiger partial charge in [-0.3, -0.25) is 0 Å². The molecule has 0 atom stereocenters. The number of benzene rings is 2. The van der Waals surface area contributed by atoms with E-state index in [4.69, 9.17) is 8.22 Å². The van der Waals surface area contributed by atoms with Crippen LogP contribution in [0.4, 0.5) is 0 Å². The van der Waals surface area contributed by atoms with Gasteiger partial charge in [0.15, 0.2) is 5.69 Å². The fourth-order valence-electron chi connectivity index (χ4n) is 2.96. The normalized spacial score (nSPS) is 16.4. The molecule has 2 heterocycles. The van der Waals surface area contributed by atoms with Crippen LogP contribution in [0.25, 0.3) is 31.6 Å². The largest absolute Gasteiger partial charge is 0.287 e. The van der Waals surface area contributed by atoms with Crippen LogP contribution in [0.2, 0.25) is 0 Å². The predicted octanol–water partition coefficient (Wildman–Crippen LogP) is 4.87. The van der Waals surface area contributed by atoms with Crippen molar-refractivity contribution in [3.05, 3.63) is 59.4 Å². The highest BCUT2D eigenvalue weighted by Crippen LogP contribution is 2.38. The number of nitrogens with zero attached hydrogens (tertiary/aromatic N) is 2. The Labute approximate surface area is 148 Å². The Morgan fingerprint density at radius 3 is 2.87 bits per heavy atom. The molecule has 114 valence electrons. The van der Waals surface area contributed by atoms with Crippen LogP contribution < -0.4 is 4.57 Å². The Morgan fingerprint density at radius 2 is 2.04 bits per heavy atom. The van der Waals surface area contributed by atoms with Crippen molar-refractivity contribution in [3.8, 4) is 11.3 Å². The SMILES string of the molecule is [2H]C([2H])([2H])c1cc(-c2c3sc4ccccc4c3nc[n+]2C)c(C)c(C([2H])([2H])[2H])c1. The summed E-state index contributed by atoms with van der Waals surface area (Å²) in [5, 5.41) is 1.02. The van der Waals surface area contributed by atoms with E-state index in [1.807, 2.05) is 35.9 Å². The van der Waals surface area contributed by atoms with Gasteiger partial charge in [0.25, 0.3) is 6.33 Å². The van der Waals surface area contributed by atoms with Crippen LogP contribution in [0.5, 0.6) is 0 Å². The number of aryl methyl sites for hydroxylation is 3. The van der Waals surface area contributed by atoms with E-state index in [9.17, 15) is 0 Å². The van der Waals surface area contributed by atoms with Crippen molar-refractivity contribution < 1.29 is 12.8 Å². The molecule has 0 radical (unpaired) electrons. The van der Waals surface area contributed by atoms with Gasteiger partial charge in [0.2, 0.25) is 5.52 Å². The molecular weight excluding hydrogens is 300 g/mol. The Bertz CT molecular complexity index is 1250. The van der Waals surface area contributed by atoms with Gasteiger partial charge < -0.3 is 0 Å². The van der Waals surface area contributed by atoms with E-state index in [1.165, 1.54) is 6.07 Å². The average Bonchev–Trinajstić information content (AvgIpc) is 2.99. The lowest BCUT2D eigenvalue weighted by Gasteiger charge is -2.11. The second-order valence-corrected chi connectivity index (χ2v) is 6.73. The van der Waals surface area contributed by atoms with Crippen LogP contribution in [0, 0.1) is 20.6 Å². The lowest BCUT2D eigenvalue weighted by molar-refractivity contribution is -0.662. The van der Waals surface area contributed by atoms with Gasteiger partial charge in [-0.1, -0.05) is 23.8 Å². The lowest BCUT2D eigenvalue weighted by atomic mass is 9.97. The molecule has 2 aromatic heterocycles. The standard InChI is InChI=1S/C20H19N2S/c1-12-9-13(2)14(3)16(10-12)19-20-18(21-11-22(19)4)15-7-5-6-8-17(15)23-20/h5-11H,1-4H3/q+1/i1D3,2D3. The fourth-order valence-corrected chi connectivity index (χ4v) is 4.21. The highest BCUT2D eigenvalue weighted by molar-refractivity contribution is 7.26. The van der Waals surface area contributed by atoms with Crippen LogP contribution in [-0.4, -0.2) is 4.98 Å². The number of aromatic nitrogens is 2. The maximum Gasteiger partial charge on any atom is 0.287 e. The molecule has 0 bridgehead atoms. The Morgan fingerprint density at radius 1 is 1.17 bits per heavy atom. The number of hydrogen-bond donors (Lipinski definition) is 0. The van der Waals surface area contributed by atoms with Gasteiger partial charge in [0, 0.05) is 23.9 Å². The molecule has 0 saturated heterocycles. The summed E-state index contributed by atoms with van der Waals surface area (Å²) in [6.07, 6.45) is 1.69. The van der Waals surface area contributed by atoms with Crippen LogP contribution in [0.3, 0.4) is 0 Å². The zero-order valence-corrected chi connectivity index (χ0v) is 13.7. The number of rotatable bonds is 1. The van der Waals surface area contributed by atoms with Crippen molar-refractivity contribution in [2.45, 2.75) is 20.6 Å². The van der Waals surface area contributed by atoms with Crippen molar-refractivity contribution >= 4 is 31.6 Å². The van der Waals surface area contributed by atoms with Gasteiger partial charge in [0.1, 0.15) is 4.70 Å². The maximum atomic E-state index is 7.91. The third-order valence-corrected chi connectivity index (χ3v) is 5.33. The fraction of sp³-hybridized carbons (Fsp3) is 0.200. The van der Waals surface area contributed by atoms with Crippen LogP contribution in [-0.2, 0) is 7.05 Å². The molecule has 3 heteroatoms. The quantitative estimate of drug-likeness (QED) is 0.456. The van der Waals surface area contributed by atoms with Crippen LogP contribution >= 0.6 is 11.3 Å². The third-order valence-electron chi connectivity index (χ3n) is 4.16. The molecule has 4 rings (SSSR count). The molecular formula is C20H19N2S+. The lowest BCUT2D eigenvalue weighted by Crippen LogP contribution is -2.31. The summed E-state index contributed by atoms with van der Waals surface area (Å²) in [4.78, 5) is 4.58. The van der Waals surface area contributed by atoms with E-state index in [0.717, 1.165) is 26.0 Å². The molecule has 0 aliphatic heterocycles. The number of thiophene rings is 1. The summed E-state index contributed by atoms with van der Waals surface area (Å²) < 4.78 is 51.1. The van der Waals surface area contributed by atoms with Gasteiger partial charge in [0.05, 0.1) is 7.05 Å². The summed E-state index contributed by atoms with van der Waals surface area (Å²) in [6.45, 7) is -3.09. The minimum atomic E-state index is -2.41. The smallest absolute Gasteiger partial charge is 0.231 e. The van der Waals surface area contributed by atoms with Crippen LogP contribution in [0.1, 0.15) is 24.9 Å². The summed E-state index contributed by atoms with van der Waals surface area (Å²) in [7, 11) is 1.84. The third kappa shape index (κ3) is 2.15. The zero-order chi connectivity index (χ0) is 21.1. The Kier molecular flexibility index (Phi) is 2.04. The van der Waals surface area contributed by atoms with Crippen molar-refractivity contribution in [3.63, 3.8) is 0 Å². The first-order valence-electron chi connectivity index (χ1n) is 10.3. The molecule has 2 aromatic carbocycles. The van der Waals surface area contributed by atoms with E-state index >= 15 is 0 Å². The number of hydrogen-bond acceptors (Lipinski definition) is 2. The number of fused-ring (bicyclic) bond motifs is 3. The molecule has 0 spiro atoms. The summed E-state index contributed by atoms with van der Waals surface area (Å²) in [5.41, 5.74) is 2.84. The van der Waals surface area contributed by atoms with Gasteiger partial charge in [-0.2, -0.15) is 0 Å². The molecule has 0 N–H and O–H groups in total. The predicted molar refractivity (Wildman–Crippen MR) is 97.9 cm³/mol. The molecule has 2 nitrogen and oxygen atoms in total. The van der Waals surface area contributed by atoms with Gasteiger partial charge in [-0.05, 0) is 54.9 Å². The molecule has 23 heavy (non-hydrogen) atoms. The van der Waals surface area contributed by atoms with Crippen LogP contribution in [0.15, 0.2) is 42.7 Å². The molecule has 4 aromatic rings. The van der Waals surface area contributed by atoms with Crippen molar-refractivity contribution in [1.29, 1.82) is 0 Å². The van der Waals surface area contributed by atoms with E-state index in [1.54, 1.807) is 30.7 Å².